The van der Waals surface area contributed by atoms with Crippen LogP contribution >= 0.6 is 11.6 Å². The zero-order valence-corrected chi connectivity index (χ0v) is 17.1. The third kappa shape index (κ3) is 4.11. The number of benzene rings is 2. The minimum absolute atomic E-state index is 0.160. The average molecular weight is 390 g/mol. The van der Waals surface area contributed by atoms with Crippen molar-refractivity contribution in [1.82, 2.24) is 5.32 Å². The van der Waals surface area contributed by atoms with Crippen molar-refractivity contribution in [3.05, 3.63) is 65.2 Å². The van der Waals surface area contributed by atoms with E-state index in [0.29, 0.717) is 11.3 Å². The van der Waals surface area contributed by atoms with Gasteiger partial charge >= 0.3 is 0 Å². The maximum atomic E-state index is 12.2. The van der Waals surface area contributed by atoms with Crippen molar-refractivity contribution in [2.45, 2.75) is 30.7 Å². The predicted molar refractivity (Wildman–Crippen MR) is 107 cm³/mol. The van der Waals surface area contributed by atoms with E-state index in [0.717, 1.165) is 23.8 Å². The highest BCUT2D eigenvalue weighted by Gasteiger charge is 2.42. The fourth-order valence-electron chi connectivity index (χ4n) is 2.83. The molecule has 3 rings (SSSR count). The van der Waals surface area contributed by atoms with Gasteiger partial charge in [-0.15, -0.1) is 0 Å². The molecule has 2 aromatic rings. The lowest BCUT2D eigenvalue weighted by molar-refractivity contribution is 0.0220. The van der Waals surface area contributed by atoms with Crippen LogP contribution in [0.4, 0.5) is 0 Å². The van der Waals surface area contributed by atoms with Gasteiger partial charge in [0, 0.05) is 25.8 Å². The van der Waals surface area contributed by atoms with Crippen molar-refractivity contribution < 1.29 is 14.3 Å². The average Bonchev–Trinajstić information content (AvgIpc) is 2.87. The number of nitrogens with one attached hydrogen (secondary N) is 1. The molecule has 4 nitrogen and oxygen atoms in total. The van der Waals surface area contributed by atoms with Crippen molar-refractivity contribution in [3.63, 3.8) is 0 Å². The van der Waals surface area contributed by atoms with E-state index in [-0.39, 0.29) is 12.7 Å². The molecule has 26 heavy (non-hydrogen) atoms. The number of alkyl halides is 1. The molecule has 0 bridgehead atoms. The maximum Gasteiger partial charge on any atom is 0.253 e. The van der Waals surface area contributed by atoms with E-state index >= 15 is 0 Å². The van der Waals surface area contributed by atoms with Gasteiger partial charge < -0.3 is 14.8 Å². The van der Waals surface area contributed by atoms with Gasteiger partial charge in [-0.1, -0.05) is 61.6 Å². The molecular formula is C20H24ClNO3Si. The summed E-state index contributed by atoms with van der Waals surface area (Å²) in [5.74, 6) is 0.548. The van der Waals surface area contributed by atoms with Gasteiger partial charge in [0.25, 0.3) is 5.91 Å². The second kappa shape index (κ2) is 7.43. The van der Waals surface area contributed by atoms with Crippen LogP contribution in [0.25, 0.3) is 0 Å². The summed E-state index contributed by atoms with van der Waals surface area (Å²) >= 11 is 6.77. The van der Waals surface area contributed by atoms with Crippen molar-refractivity contribution in [2.75, 3.05) is 13.4 Å². The Bertz CT molecular complexity index is 788. The summed E-state index contributed by atoms with van der Waals surface area (Å²) in [5.41, 5.74) is 2.18. The Morgan fingerprint density at radius 2 is 1.77 bits per heavy atom. The number of amides is 1. The molecular weight excluding hydrogens is 366 g/mol. The first-order valence-electron chi connectivity index (χ1n) is 8.72. The first-order valence-corrected chi connectivity index (χ1v) is 12.8. The molecule has 0 saturated carbocycles. The summed E-state index contributed by atoms with van der Waals surface area (Å²) < 4.78 is 11.2. The van der Waals surface area contributed by atoms with E-state index in [1.165, 1.54) is 0 Å². The van der Waals surface area contributed by atoms with Crippen molar-refractivity contribution in [1.29, 1.82) is 0 Å². The first-order chi connectivity index (χ1) is 12.3. The summed E-state index contributed by atoms with van der Waals surface area (Å²) in [6.45, 7) is 7.91. The Morgan fingerprint density at radius 1 is 1.08 bits per heavy atom. The van der Waals surface area contributed by atoms with Gasteiger partial charge in [-0.05, 0) is 29.8 Å². The molecule has 0 radical (unpaired) electrons. The third-order valence-electron chi connectivity index (χ3n) is 4.39. The molecule has 0 aliphatic carbocycles. The highest BCUT2D eigenvalue weighted by atomic mass is 35.5. The molecule has 138 valence electrons. The van der Waals surface area contributed by atoms with E-state index in [1.807, 2.05) is 42.5 Å². The Kier molecular flexibility index (Phi) is 5.41. The number of rotatable bonds is 7. The second-order valence-corrected chi connectivity index (χ2v) is 13.9. The molecule has 2 aromatic carbocycles. The van der Waals surface area contributed by atoms with E-state index in [9.17, 15) is 4.79 Å². The van der Waals surface area contributed by atoms with E-state index < -0.39 is 13.1 Å². The van der Waals surface area contributed by atoms with E-state index in [2.05, 4.69) is 25.0 Å². The van der Waals surface area contributed by atoms with Crippen molar-refractivity contribution >= 4 is 25.6 Å². The molecule has 0 saturated heterocycles. The Labute approximate surface area is 160 Å². The van der Waals surface area contributed by atoms with Gasteiger partial charge in [0.05, 0.1) is 0 Å². The summed E-state index contributed by atoms with van der Waals surface area (Å²) in [4.78, 5) is 11.1. The van der Waals surface area contributed by atoms with E-state index in [1.54, 1.807) is 6.07 Å². The molecule has 6 heteroatoms. The van der Waals surface area contributed by atoms with Gasteiger partial charge in [0.15, 0.2) is 11.8 Å². The number of carbonyl (C=O) groups is 1. The quantitative estimate of drug-likeness (QED) is 0.248. The highest BCUT2D eigenvalue weighted by molar-refractivity contribution is 6.76. The molecule has 1 N–H and O–H groups in total. The summed E-state index contributed by atoms with van der Waals surface area (Å²) in [5, 5.41) is 2.87. The number of hydrogen-bond donors (Lipinski definition) is 1. The molecule has 0 aromatic heterocycles. The predicted octanol–water partition coefficient (Wildman–Crippen LogP) is 4.56. The van der Waals surface area contributed by atoms with Crippen LogP contribution in [0.15, 0.2) is 48.5 Å². The summed E-state index contributed by atoms with van der Waals surface area (Å²) in [7, 11) is -1.08. The van der Waals surface area contributed by atoms with Crippen molar-refractivity contribution in [2.24, 2.45) is 0 Å². The van der Waals surface area contributed by atoms with Gasteiger partial charge in [0.2, 0.25) is 0 Å². The fourth-order valence-corrected chi connectivity index (χ4v) is 3.96. The van der Waals surface area contributed by atoms with Crippen LogP contribution < -0.4 is 10.1 Å². The molecule has 1 heterocycles. The van der Waals surface area contributed by atoms with Crippen LogP contribution in [0.2, 0.25) is 25.7 Å². The van der Waals surface area contributed by atoms with Gasteiger partial charge in [0.1, 0.15) is 5.75 Å². The zero-order chi connectivity index (χ0) is 18.8. The number of hydrogen-bond acceptors (Lipinski definition) is 3. The number of ether oxygens (including phenoxy) is 2. The lowest BCUT2D eigenvalue weighted by Crippen LogP contribution is -2.34. The van der Waals surface area contributed by atoms with Crippen LogP contribution in [-0.2, 0) is 9.73 Å². The lowest BCUT2D eigenvalue weighted by atomic mass is 9.98. The Morgan fingerprint density at radius 3 is 2.46 bits per heavy atom. The van der Waals surface area contributed by atoms with Crippen LogP contribution in [0.5, 0.6) is 5.75 Å². The minimum atomic E-state index is -1.08. The molecule has 1 amide bonds. The number of fused-ring (bicyclic) bond motifs is 1. The van der Waals surface area contributed by atoms with Gasteiger partial charge in [-0.2, -0.15) is 0 Å². The Balaban J connectivity index is 1.63. The van der Waals surface area contributed by atoms with Gasteiger partial charge in [-0.3, -0.25) is 4.79 Å². The summed E-state index contributed by atoms with van der Waals surface area (Å²) in [6, 6.07) is 15.9. The first kappa shape index (κ1) is 19.0. The number of halogens is 1. The standard InChI is InChI=1S/C20H24ClNO3Si/c1-26(2,3)13-12-24-14-25-16-10-8-15(9-11-16)20(21)18-7-5-4-6-17(18)19(23)22-20/h4-11H,12-14H2,1-3H3,(H,22,23). The normalized spacial score (nSPS) is 19.2. The highest BCUT2D eigenvalue weighted by Crippen LogP contribution is 2.40. The van der Waals surface area contributed by atoms with Gasteiger partial charge in [-0.25, -0.2) is 0 Å². The van der Waals surface area contributed by atoms with E-state index in [4.69, 9.17) is 21.1 Å². The lowest BCUT2D eigenvalue weighted by Gasteiger charge is -2.23. The van der Waals surface area contributed by atoms with Crippen LogP contribution in [0.1, 0.15) is 21.5 Å². The van der Waals surface area contributed by atoms with Crippen LogP contribution in [-0.4, -0.2) is 27.4 Å². The number of carbonyl (C=O) groups excluding carboxylic acids is 1. The molecule has 1 aliphatic heterocycles. The zero-order valence-electron chi connectivity index (χ0n) is 15.3. The Hall–Kier alpha value is -1.82. The second-order valence-electron chi connectivity index (χ2n) is 7.66. The van der Waals surface area contributed by atoms with Crippen LogP contribution in [0, 0.1) is 0 Å². The molecule has 0 fully saturated rings. The third-order valence-corrected chi connectivity index (χ3v) is 6.61. The molecule has 1 aliphatic rings. The monoisotopic (exact) mass is 389 g/mol. The van der Waals surface area contributed by atoms with Crippen LogP contribution in [0.3, 0.4) is 0 Å². The topological polar surface area (TPSA) is 47.6 Å². The molecule has 1 atom stereocenters. The summed E-state index contributed by atoms with van der Waals surface area (Å²) in [6.07, 6.45) is 0. The SMILES string of the molecule is C[Si](C)(C)CCOCOc1ccc(C2(Cl)NC(=O)c3ccccc32)cc1. The largest absolute Gasteiger partial charge is 0.468 e. The molecule has 1 unspecified atom stereocenters. The smallest absolute Gasteiger partial charge is 0.253 e. The maximum absolute atomic E-state index is 12.2. The minimum Gasteiger partial charge on any atom is -0.468 e. The van der Waals surface area contributed by atoms with Crippen molar-refractivity contribution in [3.8, 4) is 5.75 Å². The fraction of sp³-hybridized carbons (Fsp3) is 0.350. The molecule has 0 spiro atoms.